The fourth-order valence-electron chi connectivity index (χ4n) is 5.19. The van der Waals surface area contributed by atoms with E-state index in [1.54, 1.807) is 7.11 Å². The molecule has 1 spiro atoms. The fraction of sp³-hybridized carbons (Fsp3) is 0.565. The van der Waals surface area contributed by atoms with Crippen molar-refractivity contribution in [3.8, 4) is 5.75 Å². The molecule has 1 aromatic carbocycles. The van der Waals surface area contributed by atoms with E-state index in [0.717, 1.165) is 75.9 Å². The summed E-state index contributed by atoms with van der Waals surface area (Å²) in [5.74, 6) is 2.60. The quantitative estimate of drug-likeness (QED) is 0.834. The van der Waals surface area contributed by atoms with E-state index in [9.17, 15) is 5.11 Å². The minimum Gasteiger partial charge on any atom is -0.496 e. The molecule has 1 aromatic heterocycles. The molecule has 30 heavy (non-hydrogen) atoms. The first-order valence-corrected chi connectivity index (χ1v) is 11.0. The lowest BCUT2D eigenvalue weighted by molar-refractivity contribution is -0.0780. The van der Waals surface area contributed by atoms with Crippen LogP contribution in [0.3, 0.4) is 0 Å². The number of aliphatic hydroxyl groups is 1. The highest BCUT2D eigenvalue weighted by atomic mass is 16.5. The Labute approximate surface area is 177 Å². The zero-order valence-electron chi connectivity index (χ0n) is 17.6. The lowest BCUT2D eigenvalue weighted by Crippen LogP contribution is -2.47. The van der Waals surface area contributed by atoms with Crippen molar-refractivity contribution in [3.05, 3.63) is 41.6 Å². The van der Waals surface area contributed by atoms with Gasteiger partial charge in [-0.3, -0.25) is 0 Å². The molecule has 3 aliphatic heterocycles. The smallest absolute Gasteiger partial charge is 0.227 e. The van der Waals surface area contributed by atoms with E-state index in [2.05, 4.69) is 26.9 Å². The first-order valence-electron chi connectivity index (χ1n) is 11.0. The van der Waals surface area contributed by atoms with Gasteiger partial charge in [-0.05, 0) is 49.8 Å². The van der Waals surface area contributed by atoms with E-state index in [4.69, 9.17) is 14.5 Å². The Morgan fingerprint density at radius 3 is 2.83 bits per heavy atom. The van der Waals surface area contributed by atoms with E-state index in [0.29, 0.717) is 6.54 Å². The Balaban J connectivity index is 1.35. The Kier molecular flexibility index (Phi) is 5.25. The molecule has 0 bridgehead atoms. The summed E-state index contributed by atoms with van der Waals surface area (Å²) in [5, 5.41) is 10.0. The molecule has 7 nitrogen and oxygen atoms in total. The zero-order chi connectivity index (χ0) is 20.6. The summed E-state index contributed by atoms with van der Waals surface area (Å²) in [7, 11) is 1.74. The fourth-order valence-corrected chi connectivity index (χ4v) is 5.19. The van der Waals surface area contributed by atoms with Crippen LogP contribution < -0.4 is 14.5 Å². The van der Waals surface area contributed by atoms with Crippen molar-refractivity contribution in [2.75, 3.05) is 49.7 Å². The van der Waals surface area contributed by atoms with Crippen molar-refractivity contribution in [3.63, 3.8) is 0 Å². The number of fused-ring (bicyclic) bond motifs is 2. The molecule has 5 rings (SSSR count). The van der Waals surface area contributed by atoms with Crippen LogP contribution in [-0.4, -0.2) is 61.1 Å². The summed E-state index contributed by atoms with van der Waals surface area (Å²) < 4.78 is 12.1. The largest absolute Gasteiger partial charge is 0.496 e. The van der Waals surface area contributed by atoms with Crippen LogP contribution in [0, 0.1) is 0 Å². The second-order valence-electron chi connectivity index (χ2n) is 8.53. The molecule has 7 heteroatoms. The first kappa shape index (κ1) is 19.6. The molecule has 1 N–H and O–H groups in total. The Hall–Kier alpha value is -2.38. The highest BCUT2D eigenvalue weighted by molar-refractivity contribution is 5.48. The number of methoxy groups -OCH3 is 1. The number of ether oxygens (including phenoxy) is 2. The third-order valence-electron chi connectivity index (χ3n) is 6.74. The minimum atomic E-state index is -0.286. The molecule has 1 unspecified atom stereocenters. The number of β-amino-alcohol motifs (C(OH)–C–C–N with tert-alkyl or cyclic N) is 1. The van der Waals surface area contributed by atoms with Gasteiger partial charge in [0.2, 0.25) is 5.95 Å². The minimum absolute atomic E-state index is 0.273. The molecular formula is C23H30N4O3. The van der Waals surface area contributed by atoms with Crippen molar-refractivity contribution >= 4 is 11.8 Å². The Morgan fingerprint density at radius 2 is 2.03 bits per heavy atom. The van der Waals surface area contributed by atoms with Crippen molar-refractivity contribution in [1.29, 1.82) is 0 Å². The van der Waals surface area contributed by atoms with Gasteiger partial charge in [0.15, 0.2) is 0 Å². The van der Waals surface area contributed by atoms with Crippen LogP contribution in [0.25, 0.3) is 0 Å². The maximum atomic E-state index is 10.0. The first-order chi connectivity index (χ1) is 14.7. The number of benzene rings is 1. The molecule has 0 saturated carbocycles. The average Bonchev–Trinajstić information content (AvgIpc) is 2.79. The molecule has 0 radical (unpaired) electrons. The van der Waals surface area contributed by atoms with Gasteiger partial charge in [0.25, 0.3) is 0 Å². The highest BCUT2D eigenvalue weighted by Gasteiger charge is 2.43. The number of aliphatic hydroxyl groups excluding tert-OH is 1. The van der Waals surface area contributed by atoms with E-state index >= 15 is 0 Å². The van der Waals surface area contributed by atoms with Crippen LogP contribution in [0.1, 0.15) is 36.8 Å². The second kappa shape index (κ2) is 8.04. The SMILES string of the molecule is COc1cccc2c1C1(CCN(c3nccc(N4CCCC(O)C4)n3)CC1)OCC2. The molecule has 1 atom stereocenters. The van der Waals surface area contributed by atoms with Gasteiger partial charge >= 0.3 is 0 Å². The third-order valence-corrected chi connectivity index (χ3v) is 6.74. The Morgan fingerprint density at radius 1 is 1.17 bits per heavy atom. The zero-order valence-corrected chi connectivity index (χ0v) is 17.6. The van der Waals surface area contributed by atoms with Crippen LogP contribution in [0.5, 0.6) is 5.75 Å². The highest BCUT2D eigenvalue weighted by Crippen LogP contribution is 2.46. The molecule has 4 heterocycles. The number of piperidine rings is 2. The Bertz CT molecular complexity index is 884. The number of rotatable bonds is 3. The van der Waals surface area contributed by atoms with Gasteiger partial charge in [-0.25, -0.2) is 4.98 Å². The van der Waals surface area contributed by atoms with E-state index in [1.807, 2.05) is 18.3 Å². The van der Waals surface area contributed by atoms with Crippen molar-refractivity contribution in [1.82, 2.24) is 9.97 Å². The average molecular weight is 411 g/mol. The monoisotopic (exact) mass is 410 g/mol. The molecule has 0 aliphatic carbocycles. The van der Waals surface area contributed by atoms with Gasteiger partial charge in [0.1, 0.15) is 17.2 Å². The van der Waals surface area contributed by atoms with Gasteiger partial charge in [-0.2, -0.15) is 4.98 Å². The van der Waals surface area contributed by atoms with Gasteiger partial charge in [0.05, 0.1) is 19.8 Å². The van der Waals surface area contributed by atoms with Crippen molar-refractivity contribution in [2.45, 2.75) is 43.8 Å². The number of anilines is 2. The molecular weight excluding hydrogens is 380 g/mol. The van der Waals surface area contributed by atoms with Crippen LogP contribution in [-0.2, 0) is 16.8 Å². The number of nitrogens with zero attached hydrogens (tertiary/aromatic N) is 4. The summed E-state index contributed by atoms with van der Waals surface area (Å²) in [6.45, 7) is 4.00. The lowest BCUT2D eigenvalue weighted by Gasteiger charge is -2.45. The van der Waals surface area contributed by atoms with Gasteiger partial charge in [-0.15, -0.1) is 0 Å². The second-order valence-corrected chi connectivity index (χ2v) is 8.53. The summed E-state index contributed by atoms with van der Waals surface area (Å²) in [5.41, 5.74) is 2.29. The summed E-state index contributed by atoms with van der Waals surface area (Å²) >= 11 is 0. The summed E-state index contributed by atoms with van der Waals surface area (Å²) in [6.07, 6.45) is 6.13. The molecule has 160 valence electrons. The topological polar surface area (TPSA) is 71.0 Å². The number of hydrogen-bond acceptors (Lipinski definition) is 7. The van der Waals surface area contributed by atoms with Crippen molar-refractivity contribution < 1.29 is 14.6 Å². The predicted molar refractivity (Wildman–Crippen MR) is 115 cm³/mol. The van der Waals surface area contributed by atoms with E-state index in [-0.39, 0.29) is 11.7 Å². The van der Waals surface area contributed by atoms with Gasteiger partial charge in [0, 0.05) is 37.9 Å². The predicted octanol–water partition coefficient (Wildman–Crippen LogP) is 2.51. The molecule has 3 aliphatic rings. The maximum absolute atomic E-state index is 10.0. The summed E-state index contributed by atoms with van der Waals surface area (Å²) in [4.78, 5) is 13.8. The molecule has 2 aromatic rings. The van der Waals surface area contributed by atoms with Crippen LogP contribution >= 0.6 is 0 Å². The number of hydrogen-bond donors (Lipinski definition) is 1. The van der Waals surface area contributed by atoms with Crippen LogP contribution in [0.15, 0.2) is 30.5 Å². The van der Waals surface area contributed by atoms with Crippen LogP contribution in [0.2, 0.25) is 0 Å². The van der Waals surface area contributed by atoms with E-state index in [1.165, 1.54) is 11.1 Å². The molecule has 0 amide bonds. The van der Waals surface area contributed by atoms with Gasteiger partial charge in [-0.1, -0.05) is 12.1 Å². The third kappa shape index (κ3) is 3.50. The van der Waals surface area contributed by atoms with Gasteiger partial charge < -0.3 is 24.4 Å². The van der Waals surface area contributed by atoms with E-state index < -0.39 is 0 Å². The molecule has 2 fully saturated rings. The lowest BCUT2D eigenvalue weighted by atomic mass is 9.79. The van der Waals surface area contributed by atoms with Crippen molar-refractivity contribution in [2.24, 2.45) is 0 Å². The maximum Gasteiger partial charge on any atom is 0.227 e. The number of aromatic nitrogens is 2. The van der Waals surface area contributed by atoms with Crippen LogP contribution in [0.4, 0.5) is 11.8 Å². The molecule has 2 saturated heterocycles. The summed E-state index contributed by atoms with van der Waals surface area (Å²) in [6, 6.07) is 8.26. The normalized spacial score (nSPS) is 23.3. The standard InChI is InChI=1S/C23H30N4O3/c1-29-19-6-2-4-17-8-15-30-23(21(17)19)9-13-26(14-10-23)22-24-11-7-20(25-22)27-12-3-5-18(28)16-27/h2,4,6-7,11,18,28H,3,5,8-10,12-16H2,1H3.